The number of ketones is 1. The predicted molar refractivity (Wildman–Crippen MR) is 141 cm³/mol. The van der Waals surface area contributed by atoms with Gasteiger partial charge in [0, 0.05) is 12.1 Å². The SMILES string of the molecule is COc1ccc(C2/C(=C(/O)c3ccc(OC(C)C)c(C)c3)C(=O)C(=O)N2Cc2ccc(C(=O)O)cc2)cc1. The molecule has 3 aromatic carbocycles. The van der Waals surface area contributed by atoms with Crippen LogP contribution in [0.25, 0.3) is 5.76 Å². The molecule has 1 unspecified atom stereocenters. The number of hydrogen-bond donors (Lipinski definition) is 2. The van der Waals surface area contributed by atoms with Crippen molar-refractivity contribution < 1.29 is 34.1 Å². The van der Waals surface area contributed by atoms with Crippen LogP contribution in [0.4, 0.5) is 0 Å². The Morgan fingerprint density at radius 3 is 2.13 bits per heavy atom. The first-order chi connectivity index (χ1) is 18.1. The number of aryl methyl sites for hydroxylation is 1. The third-order valence-corrected chi connectivity index (χ3v) is 6.34. The summed E-state index contributed by atoms with van der Waals surface area (Å²) < 4.78 is 11.0. The molecule has 38 heavy (non-hydrogen) atoms. The highest BCUT2D eigenvalue weighted by Gasteiger charge is 2.46. The number of hydrogen-bond acceptors (Lipinski definition) is 6. The Morgan fingerprint density at radius 2 is 1.58 bits per heavy atom. The molecule has 1 saturated heterocycles. The number of benzene rings is 3. The third kappa shape index (κ3) is 5.25. The maximum Gasteiger partial charge on any atom is 0.335 e. The molecule has 1 amide bonds. The van der Waals surface area contributed by atoms with E-state index in [4.69, 9.17) is 9.47 Å². The summed E-state index contributed by atoms with van der Waals surface area (Å²) in [6.07, 6.45) is -0.0295. The van der Waals surface area contributed by atoms with Gasteiger partial charge in [-0.3, -0.25) is 9.59 Å². The van der Waals surface area contributed by atoms with Crippen LogP contribution in [0.2, 0.25) is 0 Å². The highest BCUT2D eigenvalue weighted by Crippen LogP contribution is 2.41. The van der Waals surface area contributed by atoms with Crippen molar-refractivity contribution in [3.63, 3.8) is 0 Å². The van der Waals surface area contributed by atoms with Crippen LogP contribution in [0.3, 0.4) is 0 Å². The van der Waals surface area contributed by atoms with Crippen LogP contribution in [0.1, 0.15) is 52.5 Å². The van der Waals surface area contributed by atoms with Gasteiger partial charge in [0.05, 0.1) is 30.4 Å². The Hall–Kier alpha value is -4.59. The van der Waals surface area contributed by atoms with Crippen LogP contribution < -0.4 is 9.47 Å². The second-order valence-electron chi connectivity index (χ2n) is 9.35. The van der Waals surface area contributed by atoms with Crippen LogP contribution in [0, 0.1) is 6.92 Å². The van der Waals surface area contributed by atoms with Crippen molar-refractivity contribution in [3.05, 3.63) is 100 Å². The number of carbonyl (C=O) groups is 3. The minimum Gasteiger partial charge on any atom is -0.507 e. The van der Waals surface area contributed by atoms with Gasteiger partial charge in [-0.25, -0.2) is 4.79 Å². The van der Waals surface area contributed by atoms with Gasteiger partial charge in [-0.15, -0.1) is 0 Å². The lowest BCUT2D eigenvalue weighted by Gasteiger charge is -2.25. The molecule has 1 fully saturated rings. The summed E-state index contributed by atoms with van der Waals surface area (Å²) in [5.41, 5.74) is 2.51. The van der Waals surface area contributed by atoms with Gasteiger partial charge < -0.3 is 24.6 Å². The molecule has 0 aliphatic carbocycles. The summed E-state index contributed by atoms with van der Waals surface area (Å²) in [7, 11) is 1.54. The van der Waals surface area contributed by atoms with Gasteiger partial charge in [0.25, 0.3) is 11.7 Å². The Bertz CT molecular complexity index is 1410. The highest BCUT2D eigenvalue weighted by atomic mass is 16.5. The molecule has 1 atom stereocenters. The molecule has 1 aliphatic heterocycles. The monoisotopic (exact) mass is 515 g/mol. The fraction of sp³-hybridized carbons (Fsp3) is 0.233. The molecule has 0 saturated carbocycles. The zero-order valence-electron chi connectivity index (χ0n) is 21.6. The number of ether oxygens (including phenoxy) is 2. The van der Waals surface area contributed by atoms with Crippen LogP contribution in [0.15, 0.2) is 72.3 Å². The molecule has 0 radical (unpaired) electrons. The first kappa shape index (κ1) is 26.5. The Labute approximate surface area is 220 Å². The average Bonchev–Trinajstić information content (AvgIpc) is 3.14. The molecule has 0 aromatic heterocycles. The predicted octanol–water partition coefficient (Wildman–Crippen LogP) is 5.11. The summed E-state index contributed by atoms with van der Waals surface area (Å²) in [4.78, 5) is 39.2. The van der Waals surface area contributed by atoms with E-state index in [0.717, 1.165) is 5.56 Å². The van der Waals surface area contributed by atoms with E-state index in [1.807, 2.05) is 20.8 Å². The molecular formula is C30H29NO7. The molecule has 8 heteroatoms. The number of amides is 1. The zero-order valence-corrected chi connectivity index (χ0v) is 21.6. The number of likely N-dealkylation sites (tertiary alicyclic amines) is 1. The van der Waals surface area contributed by atoms with Crippen molar-refractivity contribution in [3.8, 4) is 11.5 Å². The van der Waals surface area contributed by atoms with E-state index in [9.17, 15) is 24.6 Å². The number of aliphatic hydroxyl groups excluding tert-OH is 1. The Kier molecular flexibility index (Phi) is 7.52. The second kappa shape index (κ2) is 10.8. The minimum absolute atomic E-state index is 0.0285. The number of rotatable bonds is 8. The van der Waals surface area contributed by atoms with E-state index in [-0.39, 0.29) is 29.5 Å². The molecule has 8 nitrogen and oxygen atoms in total. The van der Waals surface area contributed by atoms with Gasteiger partial charge in [0.1, 0.15) is 17.3 Å². The fourth-order valence-corrected chi connectivity index (χ4v) is 4.46. The van der Waals surface area contributed by atoms with E-state index < -0.39 is 23.7 Å². The fourth-order valence-electron chi connectivity index (χ4n) is 4.46. The zero-order chi connectivity index (χ0) is 27.6. The number of nitrogens with zero attached hydrogens (tertiary/aromatic N) is 1. The van der Waals surface area contributed by atoms with Crippen molar-refractivity contribution in [1.29, 1.82) is 0 Å². The van der Waals surface area contributed by atoms with Gasteiger partial charge in [0.15, 0.2) is 0 Å². The average molecular weight is 516 g/mol. The normalized spacial score (nSPS) is 16.7. The van der Waals surface area contributed by atoms with E-state index in [0.29, 0.717) is 28.2 Å². The topological polar surface area (TPSA) is 113 Å². The van der Waals surface area contributed by atoms with Crippen LogP contribution >= 0.6 is 0 Å². The smallest absolute Gasteiger partial charge is 0.335 e. The Balaban J connectivity index is 1.80. The number of Topliss-reactive ketones (excluding diaryl/α,β-unsaturated/α-hetero) is 1. The van der Waals surface area contributed by atoms with Gasteiger partial charge in [0.2, 0.25) is 0 Å². The summed E-state index contributed by atoms with van der Waals surface area (Å²) in [6.45, 7) is 5.71. The van der Waals surface area contributed by atoms with Crippen LogP contribution in [-0.2, 0) is 16.1 Å². The summed E-state index contributed by atoms with van der Waals surface area (Å²) in [5, 5.41) is 20.6. The van der Waals surface area contributed by atoms with Gasteiger partial charge in [-0.2, -0.15) is 0 Å². The lowest BCUT2D eigenvalue weighted by atomic mass is 9.94. The number of aromatic carboxylic acids is 1. The first-order valence-corrected chi connectivity index (χ1v) is 12.1. The molecule has 4 rings (SSSR count). The van der Waals surface area contributed by atoms with Crippen molar-refractivity contribution in [2.45, 2.75) is 39.5 Å². The number of carbonyl (C=O) groups excluding carboxylic acids is 2. The maximum absolute atomic E-state index is 13.3. The van der Waals surface area contributed by atoms with Gasteiger partial charge in [-0.05, 0) is 79.9 Å². The van der Waals surface area contributed by atoms with Crippen LogP contribution in [-0.4, -0.2) is 46.0 Å². The molecule has 0 spiro atoms. The Morgan fingerprint density at radius 1 is 0.947 bits per heavy atom. The van der Waals surface area contributed by atoms with E-state index in [1.54, 1.807) is 54.6 Å². The van der Waals surface area contributed by atoms with Crippen molar-refractivity contribution in [2.24, 2.45) is 0 Å². The molecule has 1 heterocycles. The largest absolute Gasteiger partial charge is 0.507 e. The minimum atomic E-state index is -1.06. The highest BCUT2D eigenvalue weighted by molar-refractivity contribution is 6.46. The van der Waals surface area contributed by atoms with Crippen molar-refractivity contribution in [1.82, 2.24) is 4.90 Å². The van der Waals surface area contributed by atoms with Crippen molar-refractivity contribution >= 4 is 23.4 Å². The van der Waals surface area contributed by atoms with Crippen LogP contribution in [0.5, 0.6) is 11.5 Å². The summed E-state index contributed by atoms with van der Waals surface area (Å²) in [6, 6.07) is 17.3. The second-order valence-corrected chi connectivity index (χ2v) is 9.35. The number of aliphatic hydroxyl groups is 1. The lowest BCUT2D eigenvalue weighted by molar-refractivity contribution is -0.140. The van der Waals surface area contributed by atoms with Gasteiger partial charge in [-0.1, -0.05) is 24.3 Å². The molecular weight excluding hydrogens is 486 g/mol. The molecule has 2 N–H and O–H groups in total. The standard InChI is InChI=1S/C30H29NO7/c1-17(2)38-24-14-11-22(15-18(24)3)27(32)25-26(20-9-12-23(37-4)13-10-20)31(29(34)28(25)33)16-19-5-7-21(8-6-19)30(35)36/h5-15,17,26,32H,16H2,1-4H3,(H,35,36)/b27-25-. The maximum atomic E-state index is 13.3. The summed E-state index contributed by atoms with van der Waals surface area (Å²) in [5.74, 6) is -1.64. The molecule has 196 valence electrons. The van der Waals surface area contributed by atoms with E-state index >= 15 is 0 Å². The molecule has 3 aromatic rings. The number of carboxylic acids is 1. The van der Waals surface area contributed by atoms with Gasteiger partial charge >= 0.3 is 5.97 Å². The lowest BCUT2D eigenvalue weighted by Crippen LogP contribution is -2.29. The molecule has 0 bridgehead atoms. The number of carboxylic acid groups (broad SMARTS) is 1. The van der Waals surface area contributed by atoms with E-state index in [2.05, 4.69) is 0 Å². The first-order valence-electron chi connectivity index (χ1n) is 12.1. The third-order valence-electron chi connectivity index (χ3n) is 6.34. The van der Waals surface area contributed by atoms with E-state index in [1.165, 1.54) is 24.1 Å². The van der Waals surface area contributed by atoms with Crippen molar-refractivity contribution in [2.75, 3.05) is 7.11 Å². The number of methoxy groups -OCH3 is 1. The molecule has 1 aliphatic rings. The quantitative estimate of drug-likeness (QED) is 0.243. The summed E-state index contributed by atoms with van der Waals surface area (Å²) >= 11 is 0.